The highest BCUT2D eigenvalue weighted by Crippen LogP contribution is 2.22. The number of hydrogen-bond donors (Lipinski definition) is 1. The minimum atomic E-state index is -0.447. The lowest BCUT2D eigenvalue weighted by molar-refractivity contribution is 0.371. The van der Waals surface area contributed by atoms with E-state index in [1.54, 1.807) is 25.4 Å². The highest BCUT2D eigenvalue weighted by atomic mass is 19.1. The zero-order chi connectivity index (χ0) is 22.5. The van der Waals surface area contributed by atoms with Crippen molar-refractivity contribution in [1.29, 1.82) is 0 Å². The lowest BCUT2D eigenvalue weighted by atomic mass is 10.2. The number of rotatable bonds is 5. The van der Waals surface area contributed by atoms with Gasteiger partial charge in [0.15, 0.2) is 5.96 Å². The molecular formula is C23H24F3N5O. The van der Waals surface area contributed by atoms with Gasteiger partial charge in [-0.3, -0.25) is 4.99 Å². The van der Waals surface area contributed by atoms with Crippen LogP contribution in [0.1, 0.15) is 5.69 Å². The van der Waals surface area contributed by atoms with Crippen LogP contribution in [0, 0.1) is 17.5 Å². The Hall–Kier alpha value is -3.49. The summed E-state index contributed by atoms with van der Waals surface area (Å²) in [6.07, 6.45) is 2.22. The minimum absolute atomic E-state index is 0.288. The predicted octanol–water partition coefficient (Wildman–Crippen LogP) is 3.70. The predicted molar refractivity (Wildman–Crippen MR) is 117 cm³/mol. The molecule has 1 saturated heterocycles. The molecule has 1 aliphatic heterocycles. The SMILES string of the molecule is CN=C(NCCc1coc(-c2ccc(F)cc2)n1)N1CCN(c2cc(F)ccc2F)CC1. The number of nitrogens with zero attached hydrogens (tertiary/aromatic N) is 4. The topological polar surface area (TPSA) is 56.9 Å². The molecule has 0 spiro atoms. The van der Waals surface area contributed by atoms with E-state index in [1.165, 1.54) is 18.2 Å². The molecule has 0 bridgehead atoms. The van der Waals surface area contributed by atoms with Crippen LogP contribution in [-0.2, 0) is 6.42 Å². The van der Waals surface area contributed by atoms with Crippen LogP contribution >= 0.6 is 0 Å². The highest BCUT2D eigenvalue weighted by Gasteiger charge is 2.22. The van der Waals surface area contributed by atoms with Crippen LogP contribution in [0.3, 0.4) is 0 Å². The maximum Gasteiger partial charge on any atom is 0.226 e. The Kier molecular flexibility index (Phi) is 6.63. The van der Waals surface area contributed by atoms with Crippen molar-refractivity contribution in [3.05, 3.63) is 71.9 Å². The number of aromatic nitrogens is 1. The smallest absolute Gasteiger partial charge is 0.226 e. The van der Waals surface area contributed by atoms with Crippen LogP contribution in [0.4, 0.5) is 18.9 Å². The van der Waals surface area contributed by atoms with Crippen molar-refractivity contribution in [2.75, 3.05) is 44.7 Å². The van der Waals surface area contributed by atoms with Gasteiger partial charge < -0.3 is 19.5 Å². The van der Waals surface area contributed by atoms with Gasteiger partial charge in [0.25, 0.3) is 0 Å². The average molecular weight is 443 g/mol. The van der Waals surface area contributed by atoms with Gasteiger partial charge in [-0.15, -0.1) is 0 Å². The van der Waals surface area contributed by atoms with Crippen molar-refractivity contribution < 1.29 is 17.6 Å². The molecule has 1 fully saturated rings. The average Bonchev–Trinajstić information content (AvgIpc) is 3.28. The number of nitrogens with one attached hydrogen (secondary N) is 1. The highest BCUT2D eigenvalue weighted by molar-refractivity contribution is 5.80. The first-order valence-electron chi connectivity index (χ1n) is 10.4. The first-order valence-corrected chi connectivity index (χ1v) is 10.4. The third-order valence-electron chi connectivity index (χ3n) is 5.35. The summed E-state index contributed by atoms with van der Waals surface area (Å²) < 4.78 is 46.1. The molecule has 3 aromatic rings. The molecule has 0 unspecified atom stereocenters. The molecular weight excluding hydrogens is 419 g/mol. The van der Waals surface area contributed by atoms with Gasteiger partial charge in [-0.05, 0) is 36.4 Å². The third kappa shape index (κ3) is 5.04. The normalized spacial score (nSPS) is 14.7. The maximum atomic E-state index is 14.0. The monoisotopic (exact) mass is 443 g/mol. The first-order chi connectivity index (χ1) is 15.5. The molecule has 32 heavy (non-hydrogen) atoms. The Balaban J connectivity index is 1.28. The van der Waals surface area contributed by atoms with Gasteiger partial charge in [-0.2, -0.15) is 0 Å². The second-order valence-electron chi connectivity index (χ2n) is 7.44. The van der Waals surface area contributed by atoms with Crippen molar-refractivity contribution in [2.24, 2.45) is 4.99 Å². The van der Waals surface area contributed by atoms with Crippen LogP contribution < -0.4 is 10.2 Å². The standard InChI is InChI=1S/C23H24F3N5O/c1-27-23(31-12-10-30(11-13-31)21-14-18(25)6-7-20(21)26)28-9-8-19-15-32-22(29-19)16-2-4-17(24)5-3-16/h2-7,14-15H,8-13H2,1H3,(H,27,28). The third-order valence-corrected chi connectivity index (χ3v) is 5.35. The number of piperazine rings is 1. The second kappa shape index (κ2) is 9.76. The van der Waals surface area contributed by atoms with Gasteiger partial charge in [0.2, 0.25) is 5.89 Å². The fourth-order valence-corrected chi connectivity index (χ4v) is 3.67. The van der Waals surface area contributed by atoms with Crippen LogP contribution in [0.5, 0.6) is 0 Å². The van der Waals surface area contributed by atoms with E-state index < -0.39 is 11.6 Å². The van der Waals surface area contributed by atoms with Crippen molar-refractivity contribution in [3.63, 3.8) is 0 Å². The summed E-state index contributed by atoms with van der Waals surface area (Å²) >= 11 is 0. The van der Waals surface area contributed by atoms with Gasteiger partial charge in [-0.25, -0.2) is 18.2 Å². The van der Waals surface area contributed by atoms with Crippen molar-refractivity contribution in [2.45, 2.75) is 6.42 Å². The summed E-state index contributed by atoms with van der Waals surface area (Å²) in [5, 5.41) is 3.31. The van der Waals surface area contributed by atoms with Crippen LogP contribution in [0.15, 0.2) is 58.1 Å². The maximum absolute atomic E-state index is 14.0. The summed E-state index contributed by atoms with van der Waals surface area (Å²) in [6.45, 7) is 2.99. The Morgan fingerprint density at radius 3 is 2.47 bits per heavy atom. The number of aliphatic imine (C=N–C) groups is 1. The molecule has 0 saturated carbocycles. The minimum Gasteiger partial charge on any atom is -0.444 e. The Morgan fingerprint density at radius 2 is 1.75 bits per heavy atom. The molecule has 168 valence electrons. The Labute approximate surface area is 184 Å². The fourth-order valence-electron chi connectivity index (χ4n) is 3.67. The quantitative estimate of drug-likeness (QED) is 0.482. The summed E-state index contributed by atoms with van der Waals surface area (Å²) in [5.74, 6) is 0.0152. The summed E-state index contributed by atoms with van der Waals surface area (Å²) in [6, 6.07) is 9.50. The molecule has 6 nitrogen and oxygen atoms in total. The number of oxazole rings is 1. The molecule has 2 heterocycles. The van der Waals surface area contributed by atoms with Gasteiger partial charge in [0.1, 0.15) is 23.7 Å². The number of hydrogen-bond acceptors (Lipinski definition) is 4. The van der Waals surface area contributed by atoms with Crippen molar-refractivity contribution in [3.8, 4) is 11.5 Å². The first kappa shape index (κ1) is 21.7. The van der Waals surface area contributed by atoms with E-state index >= 15 is 0 Å². The zero-order valence-electron chi connectivity index (χ0n) is 17.7. The van der Waals surface area contributed by atoms with E-state index in [2.05, 4.69) is 20.2 Å². The summed E-state index contributed by atoms with van der Waals surface area (Å²) in [7, 11) is 1.71. The number of halogens is 3. The van der Waals surface area contributed by atoms with E-state index in [0.717, 1.165) is 23.8 Å². The van der Waals surface area contributed by atoms with E-state index in [4.69, 9.17) is 4.42 Å². The molecule has 1 N–H and O–H groups in total. The molecule has 0 atom stereocenters. The van der Waals surface area contributed by atoms with E-state index in [1.807, 2.05) is 4.90 Å². The van der Waals surface area contributed by atoms with Gasteiger partial charge in [-0.1, -0.05) is 0 Å². The molecule has 1 aromatic heterocycles. The number of guanidine groups is 1. The van der Waals surface area contributed by atoms with Crippen LogP contribution in [-0.4, -0.2) is 55.6 Å². The van der Waals surface area contributed by atoms with Gasteiger partial charge >= 0.3 is 0 Å². The second-order valence-corrected chi connectivity index (χ2v) is 7.44. The fraction of sp³-hybridized carbons (Fsp3) is 0.304. The van der Waals surface area contributed by atoms with Crippen molar-refractivity contribution in [1.82, 2.24) is 15.2 Å². The molecule has 0 radical (unpaired) electrons. The zero-order valence-corrected chi connectivity index (χ0v) is 17.7. The van der Waals surface area contributed by atoms with E-state index in [-0.39, 0.29) is 11.5 Å². The van der Waals surface area contributed by atoms with Crippen molar-refractivity contribution >= 4 is 11.6 Å². The van der Waals surface area contributed by atoms with Crippen LogP contribution in [0.25, 0.3) is 11.5 Å². The Bertz CT molecular complexity index is 1080. The lowest BCUT2D eigenvalue weighted by Crippen LogP contribution is -2.53. The summed E-state index contributed by atoms with van der Waals surface area (Å²) in [4.78, 5) is 12.7. The molecule has 0 aliphatic carbocycles. The Morgan fingerprint density at radius 1 is 1.03 bits per heavy atom. The molecule has 9 heteroatoms. The molecule has 0 amide bonds. The van der Waals surface area contributed by atoms with Gasteiger partial charge in [0.05, 0.1) is 11.4 Å². The largest absolute Gasteiger partial charge is 0.444 e. The molecule has 4 rings (SSSR count). The lowest BCUT2D eigenvalue weighted by Gasteiger charge is -2.37. The van der Waals surface area contributed by atoms with E-state index in [9.17, 15) is 13.2 Å². The van der Waals surface area contributed by atoms with Gasteiger partial charge in [0, 0.05) is 57.8 Å². The van der Waals surface area contributed by atoms with E-state index in [0.29, 0.717) is 50.6 Å². The molecule has 1 aliphatic rings. The summed E-state index contributed by atoms with van der Waals surface area (Å²) in [5.41, 5.74) is 1.78. The number of anilines is 1. The number of benzene rings is 2. The van der Waals surface area contributed by atoms with Crippen LogP contribution in [0.2, 0.25) is 0 Å². The molecule has 2 aromatic carbocycles.